The molecule has 0 radical (unpaired) electrons. The molecule has 0 aliphatic heterocycles. The SMILES string of the molecule is COCc1noc(-c2ccc3c(c2)CC[C@H]3NC(=O)N(C)C2CCC2)n1. The van der Waals surface area contributed by atoms with E-state index in [2.05, 4.69) is 27.6 Å². The van der Waals surface area contributed by atoms with E-state index in [1.807, 2.05) is 18.0 Å². The zero-order valence-electron chi connectivity index (χ0n) is 15.2. The number of methoxy groups -OCH3 is 1. The van der Waals surface area contributed by atoms with E-state index in [1.54, 1.807) is 7.11 Å². The number of benzene rings is 1. The largest absolute Gasteiger partial charge is 0.377 e. The first kappa shape index (κ1) is 17.0. The average Bonchev–Trinajstić information content (AvgIpc) is 3.20. The van der Waals surface area contributed by atoms with Crippen LogP contribution in [0.2, 0.25) is 0 Å². The van der Waals surface area contributed by atoms with Gasteiger partial charge in [-0.05, 0) is 55.4 Å². The van der Waals surface area contributed by atoms with Gasteiger partial charge < -0.3 is 19.5 Å². The van der Waals surface area contributed by atoms with E-state index in [-0.39, 0.29) is 12.1 Å². The van der Waals surface area contributed by atoms with Crippen LogP contribution in [0.1, 0.15) is 48.7 Å². The van der Waals surface area contributed by atoms with Crippen molar-refractivity contribution in [2.75, 3.05) is 14.2 Å². The minimum atomic E-state index is 0.0257. The van der Waals surface area contributed by atoms with Crippen molar-refractivity contribution < 1.29 is 14.1 Å². The monoisotopic (exact) mass is 356 g/mol. The number of nitrogens with one attached hydrogen (secondary N) is 1. The zero-order valence-corrected chi connectivity index (χ0v) is 15.2. The highest BCUT2D eigenvalue weighted by Crippen LogP contribution is 2.34. The van der Waals surface area contributed by atoms with Gasteiger partial charge in [-0.3, -0.25) is 0 Å². The molecule has 0 saturated heterocycles. The molecule has 1 aromatic carbocycles. The molecule has 7 nitrogen and oxygen atoms in total. The molecule has 2 aromatic rings. The van der Waals surface area contributed by atoms with E-state index in [4.69, 9.17) is 9.26 Å². The van der Waals surface area contributed by atoms with Crippen molar-refractivity contribution >= 4 is 6.03 Å². The molecule has 1 heterocycles. The molecule has 7 heteroatoms. The molecule has 1 atom stereocenters. The van der Waals surface area contributed by atoms with E-state index in [0.717, 1.165) is 31.2 Å². The summed E-state index contributed by atoms with van der Waals surface area (Å²) in [7, 11) is 3.49. The Bertz CT molecular complexity index is 800. The number of ether oxygens (including phenoxy) is 1. The van der Waals surface area contributed by atoms with Crippen LogP contribution in [0.5, 0.6) is 0 Å². The van der Waals surface area contributed by atoms with Gasteiger partial charge in [0.15, 0.2) is 5.82 Å². The molecule has 0 bridgehead atoms. The van der Waals surface area contributed by atoms with Crippen molar-refractivity contribution in [1.29, 1.82) is 0 Å². The van der Waals surface area contributed by atoms with Gasteiger partial charge in [-0.1, -0.05) is 11.2 Å². The molecule has 1 N–H and O–H groups in total. The number of fused-ring (bicyclic) bond motifs is 1. The summed E-state index contributed by atoms with van der Waals surface area (Å²) in [5, 5.41) is 7.09. The van der Waals surface area contributed by atoms with Gasteiger partial charge in [0.2, 0.25) is 0 Å². The Morgan fingerprint density at radius 1 is 1.38 bits per heavy atom. The van der Waals surface area contributed by atoms with Gasteiger partial charge in [0.25, 0.3) is 5.89 Å². The molecule has 2 aliphatic carbocycles. The summed E-state index contributed by atoms with van der Waals surface area (Å²) >= 11 is 0. The lowest BCUT2D eigenvalue weighted by Crippen LogP contribution is -2.47. The highest BCUT2D eigenvalue weighted by molar-refractivity contribution is 5.75. The van der Waals surface area contributed by atoms with Gasteiger partial charge in [-0.2, -0.15) is 4.98 Å². The first-order valence-corrected chi connectivity index (χ1v) is 9.13. The van der Waals surface area contributed by atoms with Crippen LogP contribution in [-0.4, -0.2) is 41.3 Å². The van der Waals surface area contributed by atoms with E-state index < -0.39 is 0 Å². The van der Waals surface area contributed by atoms with Crippen LogP contribution in [-0.2, 0) is 17.8 Å². The summed E-state index contributed by atoms with van der Waals surface area (Å²) in [5.41, 5.74) is 3.31. The Morgan fingerprint density at radius 3 is 2.96 bits per heavy atom. The lowest BCUT2D eigenvalue weighted by Gasteiger charge is -2.35. The number of aryl methyl sites for hydroxylation is 1. The normalized spacial score (nSPS) is 19.1. The van der Waals surface area contributed by atoms with Crippen LogP contribution >= 0.6 is 0 Å². The van der Waals surface area contributed by atoms with Gasteiger partial charge >= 0.3 is 6.03 Å². The van der Waals surface area contributed by atoms with Crippen molar-refractivity contribution in [1.82, 2.24) is 20.4 Å². The van der Waals surface area contributed by atoms with Gasteiger partial charge in [-0.15, -0.1) is 0 Å². The molecule has 138 valence electrons. The van der Waals surface area contributed by atoms with Gasteiger partial charge in [0.05, 0.1) is 6.04 Å². The molecular weight excluding hydrogens is 332 g/mol. The Labute approximate surface area is 152 Å². The number of urea groups is 1. The summed E-state index contributed by atoms with van der Waals surface area (Å²) in [5.74, 6) is 1.03. The fraction of sp³-hybridized carbons (Fsp3) is 0.526. The minimum absolute atomic E-state index is 0.0257. The second-order valence-electron chi connectivity index (χ2n) is 7.10. The first-order chi connectivity index (χ1) is 12.7. The highest BCUT2D eigenvalue weighted by Gasteiger charge is 2.29. The third-order valence-electron chi connectivity index (χ3n) is 5.45. The van der Waals surface area contributed by atoms with Crippen molar-refractivity contribution in [3.63, 3.8) is 0 Å². The van der Waals surface area contributed by atoms with Gasteiger partial charge in [-0.25, -0.2) is 4.79 Å². The maximum atomic E-state index is 12.5. The van der Waals surface area contributed by atoms with E-state index in [0.29, 0.717) is 24.4 Å². The zero-order chi connectivity index (χ0) is 18.1. The molecule has 0 spiro atoms. The van der Waals surface area contributed by atoms with Crippen molar-refractivity contribution in [2.24, 2.45) is 0 Å². The quantitative estimate of drug-likeness (QED) is 0.890. The van der Waals surface area contributed by atoms with Crippen LogP contribution in [0.3, 0.4) is 0 Å². The van der Waals surface area contributed by atoms with Crippen LogP contribution in [0, 0.1) is 0 Å². The number of carbonyl (C=O) groups excluding carboxylic acids is 1. The number of carbonyl (C=O) groups is 1. The molecule has 2 amide bonds. The van der Waals surface area contributed by atoms with Crippen molar-refractivity contribution in [2.45, 2.75) is 50.8 Å². The fourth-order valence-corrected chi connectivity index (χ4v) is 3.65. The number of rotatable bonds is 5. The molecule has 2 aliphatic rings. The second kappa shape index (κ2) is 7.07. The van der Waals surface area contributed by atoms with Crippen LogP contribution in [0.25, 0.3) is 11.5 Å². The summed E-state index contributed by atoms with van der Waals surface area (Å²) in [6.45, 7) is 0.330. The maximum absolute atomic E-state index is 12.5. The third kappa shape index (κ3) is 3.19. The summed E-state index contributed by atoms with van der Waals surface area (Å²) < 4.78 is 10.3. The van der Waals surface area contributed by atoms with Crippen LogP contribution < -0.4 is 5.32 Å². The summed E-state index contributed by atoms with van der Waals surface area (Å²) in [6, 6.07) is 6.62. The topological polar surface area (TPSA) is 80.5 Å². The molecule has 4 rings (SSSR count). The molecule has 1 fully saturated rings. The third-order valence-corrected chi connectivity index (χ3v) is 5.45. The smallest absolute Gasteiger partial charge is 0.317 e. The summed E-state index contributed by atoms with van der Waals surface area (Å²) in [6.07, 6.45) is 5.30. The second-order valence-corrected chi connectivity index (χ2v) is 7.10. The Balaban J connectivity index is 1.46. The van der Waals surface area contributed by atoms with Crippen molar-refractivity contribution in [3.05, 3.63) is 35.2 Å². The molecule has 1 aromatic heterocycles. The molecule has 1 saturated carbocycles. The van der Waals surface area contributed by atoms with Crippen molar-refractivity contribution in [3.8, 4) is 11.5 Å². The number of aromatic nitrogens is 2. The Kier molecular flexibility index (Phi) is 4.63. The first-order valence-electron chi connectivity index (χ1n) is 9.13. The molecule has 0 unspecified atom stereocenters. The number of hydrogen-bond donors (Lipinski definition) is 1. The van der Waals surface area contributed by atoms with Crippen LogP contribution in [0.15, 0.2) is 22.7 Å². The number of nitrogens with zero attached hydrogens (tertiary/aromatic N) is 3. The van der Waals surface area contributed by atoms with E-state index >= 15 is 0 Å². The maximum Gasteiger partial charge on any atom is 0.317 e. The van der Waals surface area contributed by atoms with Gasteiger partial charge in [0.1, 0.15) is 6.61 Å². The van der Waals surface area contributed by atoms with Crippen LogP contribution in [0.4, 0.5) is 4.79 Å². The lowest BCUT2D eigenvalue weighted by atomic mass is 9.92. The van der Waals surface area contributed by atoms with Gasteiger partial charge in [0, 0.05) is 25.8 Å². The minimum Gasteiger partial charge on any atom is -0.377 e. The Hall–Kier alpha value is -2.41. The Morgan fingerprint density at radius 2 is 2.23 bits per heavy atom. The highest BCUT2D eigenvalue weighted by atomic mass is 16.5. The average molecular weight is 356 g/mol. The summed E-state index contributed by atoms with van der Waals surface area (Å²) in [4.78, 5) is 18.7. The van der Waals surface area contributed by atoms with E-state index in [9.17, 15) is 4.79 Å². The predicted molar refractivity (Wildman–Crippen MR) is 95.4 cm³/mol. The predicted octanol–water partition coefficient (Wildman–Crippen LogP) is 3.06. The number of amides is 2. The molecular formula is C19H24N4O3. The lowest BCUT2D eigenvalue weighted by molar-refractivity contribution is 0.154. The molecule has 26 heavy (non-hydrogen) atoms. The standard InChI is InChI=1S/C19H24N4O3/c1-23(14-4-3-5-14)19(24)20-16-9-7-12-10-13(6-8-15(12)16)18-21-17(11-25-2)22-26-18/h6,8,10,14,16H,3-5,7,9,11H2,1-2H3,(H,20,24)/t16-/m1/s1. The number of hydrogen-bond acceptors (Lipinski definition) is 5. The fourth-order valence-electron chi connectivity index (χ4n) is 3.65. The van der Waals surface area contributed by atoms with E-state index in [1.165, 1.54) is 17.5 Å².